The number of hydrogen-bond acceptors (Lipinski definition) is 11. The van der Waals surface area contributed by atoms with Crippen molar-refractivity contribution in [3.63, 3.8) is 0 Å². The highest BCUT2D eigenvalue weighted by Gasteiger charge is 2.48. The van der Waals surface area contributed by atoms with Gasteiger partial charge in [0.1, 0.15) is 18.4 Å². The standard InChI is InChI=1S/C37H59FN6O11S/c1-36(2,3)56(38,37(4,5)6)28-9-7-26(8-10-28)34(53)39-21-27(25-45)40-30(46)12-11-29(35(54)55)44-19-17-42(23-32(49)50)15-13-41(22-31(47)48)14-16-43(18-20-44)24-33(51)52/h7-10,25,27,29H,11-24H2,1-6H3,(H,39,53)(H,40,46)(H,47,48)(H,49,50)(H,51,52)(H,54,55). The van der Waals surface area contributed by atoms with Crippen LogP contribution in [0, 0.1) is 0 Å². The molecule has 1 saturated heterocycles. The van der Waals surface area contributed by atoms with Crippen LogP contribution in [0.3, 0.4) is 0 Å². The maximum Gasteiger partial charge on any atom is 0.320 e. The highest BCUT2D eigenvalue weighted by molar-refractivity contribution is 8.31. The van der Waals surface area contributed by atoms with E-state index in [9.17, 15) is 54.0 Å². The molecule has 19 heteroatoms. The number of carboxylic acid groups (broad SMARTS) is 4. The topological polar surface area (TPSA) is 237 Å². The molecule has 2 unspecified atom stereocenters. The molecule has 1 aromatic carbocycles. The summed E-state index contributed by atoms with van der Waals surface area (Å²) in [7, 11) is -2.82. The van der Waals surface area contributed by atoms with Gasteiger partial charge in [-0.15, -0.1) is 0 Å². The number of rotatable bonds is 17. The molecule has 0 radical (unpaired) electrons. The molecule has 1 aliphatic rings. The average molecular weight is 815 g/mol. The van der Waals surface area contributed by atoms with Gasteiger partial charge >= 0.3 is 23.9 Å². The zero-order valence-corrected chi connectivity index (χ0v) is 34.0. The van der Waals surface area contributed by atoms with Crippen LogP contribution >= 0.6 is 10.4 Å². The van der Waals surface area contributed by atoms with Crippen molar-refractivity contribution >= 4 is 52.4 Å². The summed E-state index contributed by atoms with van der Waals surface area (Å²) in [6.07, 6.45) is -0.105. The van der Waals surface area contributed by atoms with Crippen molar-refractivity contribution in [3.8, 4) is 0 Å². The Hall–Kier alpha value is -4.17. The van der Waals surface area contributed by atoms with Gasteiger partial charge < -0.3 is 35.9 Å². The van der Waals surface area contributed by atoms with Crippen LogP contribution in [0.15, 0.2) is 29.2 Å². The number of nitrogens with one attached hydrogen (secondary N) is 2. The second-order valence-electron chi connectivity index (χ2n) is 15.7. The number of nitrogens with zero attached hydrogens (tertiary/aromatic N) is 4. The Kier molecular flexibility index (Phi) is 18.3. The van der Waals surface area contributed by atoms with Crippen molar-refractivity contribution in [2.45, 2.75) is 80.9 Å². The zero-order chi connectivity index (χ0) is 42.4. The molecule has 17 nitrogen and oxygen atoms in total. The Morgan fingerprint density at radius 1 is 0.732 bits per heavy atom. The molecule has 0 aliphatic carbocycles. The number of hydrogen-bond donors (Lipinski definition) is 6. The predicted molar refractivity (Wildman–Crippen MR) is 208 cm³/mol. The summed E-state index contributed by atoms with van der Waals surface area (Å²) in [6.45, 7) is 10.6. The average Bonchev–Trinajstić information content (AvgIpc) is 3.08. The summed E-state index contributed by atoms with van der Waals surface area (Å²) < 4.78 is 15.3. The Bertz CT molecular complexity index is 1490. The molecule has 6 N–H and O–H groups in total. The third kappa shape index (κ3) is 14.7. The summed E-state index contributed by atoms with van der Waals surface area (Å²) in [5.41, 5.74) is 0.228. The number of benzene rings is 1. The number of amides is 2. The van der Waals surface area contributed by atoms with Crippen LogP contribution in [0.1, 0.15) is 64.7 Å². The van der Waals surface area contributed by atoms with E-state index >= 15 is 3.89 Å². The van der Waals surface area contributed by atoms with Crippen molar-refractivity contribution in [2.24, 2.45) is 0 Å². The Balaban J connectivity index is 2.12. The van der Waals surface area contributed by atoms with E-state index in [-0.39, 0.29) is 96.9 Å². The van der Waals surface area contributed by atoms with Gasteiger partial charge in [-0.05, 0) is 72.2 Å². The first-order chi connectivity index (χ1) is 26.0. The Labute approximate surface area is 329 Å². The molecule has 56 heavy (non-hydrogen) atoms. The fraction of sp³-hybridized carbons (Fsp3) is 0.649. The SMILES string of the molecule is CC(C)(C)S(F)(c1ccc(C(=O)NCC(C=O)NC(=O)CCC(C(=O)O)N2CCN(CC(=O)O)CCN(CC(=O)O)CCN(CC(=O)O)CC2)cc1)C(C)(C)C. The van der Waals surface area contributed by atoms with Gasteiger partial charge in [-0.1, -0.05) is 10.4 Å². The molecule has 2 atom stereocenters. The van der Waals surface area contributed by atoms with Gasteiger partial charge in [0.2, 0.25) is 5.91 Å². The van der Waals surface area contributed by atoms with Crippen LogP contribution in [0.5, 0.6) is 0 Å². The van der Waals surface area contributed by atoms with Crippen LogP contribution in [0.25, 0.3) is 0 Å². The fourth-order valence-electron chi connectivity index (χ4n) is 6.78. The minimum Gasteiger partial charge on any atom is -0.480 e. The summed E-state index contributed by atoms with van der Waals surface area (Å²) in [6, 6.07) is 3.83. The van der Waals surface area contributed by atoms with Crippen molar-refractivity contribution < 1.29 is 57.9 Å². The van der Waals surface area contributed by atoms with Gasteiger partial charge in [0.05, 0.1) is 19.6 Å². The molecule has 1 aliphatic heterocycles. The molecule has 0 aromatic heterocycles. The van der Waals surface area contributed by atoms with E-state index in [0.29, 0.717) is 11.2 Å². The first kappa shape index (κ1) is 48.0. The maximum absolute atomic E-state index is 16.6. The monoisotopic (exact) mass is 814 g/mol. The first-order valence-corrected chi connectivity index (χ1v) is 20.0. The molecule has 0 spiro atoms. The number of carbonyl (C=O) groups is 7. The third-order valence-corrected chi connectivity index (χ3v) is 13.7. The van der Waals surface area contributed by atoms with Crippen LogP contribution in [0.2, 0.25) is 0 Å². The molecule has 2 amide bonds. The van der Waals surface area contributed by atoms with Crippen LogP contribution < -0.4 is 10.6 Å². The van der Waals surface area contributed by atoms with E-state index in [0.717, 1.165) is 0 Å². The van der Waals surface area contributed by atoms with Gasteiger partial charge in [0.25, 0.3) is 5.91 Å². The van der Waals surface area contributed by atoms with E-state index in [1.807, 2.05) is 41.5 Å². The lowest BCUT2D eigenvalue weighted by Gasteiger charge is -2.52. The highest BCUT2D eigenvalue weighted by atomic mass is 32.3. The lowest BCUT2D eigenvalue weighted by molar-refractivity contribution is -0.145. The number of carboxylic acids is 4. The first-order valence-electron chi connectivity index (χ1n) is 18.4. The molecule has 2 rings (SSSR count). The molecule has 316 valence electrons. The van der Waals surface area contributed by atoms with Crippen molar-refractivity contribution in [1.82, 2.24) is 30.2 Å². The molecular weight excluding hydrogens is 756 g/mol. The number of aldehydes is 1. The quantitative estimate of drug-likeness (QED) is 0.122. The van der Waals surface area contributed by atoms with Crippen LogP contribution in [-0.4, -0.2) is 182 Å². The fourth-order valence-corrected chi connectivity index (χ4v) is 10.5. The molecule has 1 heterocycles. The van der Waals surface area contributed by atoms with Crippen LogP contribution in [0.4, 0.5) is 3.89 Å². The van der Waals surface area contributed by atoms with Gasteiger partial charge in [-0.3, -0.25) is 48.4 Å². The highest BCUT2D eigenvalue weighted by Crippen LogP contribution is 2.73. The molecule has 0 bridgehead atoms. The van der Waals surface area contributed by atoms with E-state index in [1.165, 1.54) is 17.0 Å². The van der Waals surface area contributed by atoms with Crippen molar-refractivity contribution in [3.05, 3.63) is 29.8 Å². The Morgan fingerprint density at radius 3 is 1.50 bits per heavy atom. The van der Waals surface area contributed by atoms with Gasteiger partial charge in [-0.25, -0.2) is 0 Å². The van der Waals surface area contributed by atoms with E-state index in [4.69, 9.17) is 0 Å². The van der Waals surface area contributed by atoms with E-state index in [1.54, 1.807) is 26.8 Å². The second kappa shape index (κ2) is 21.4. The van der Waals surface area contributed by atoms with E-state index < -0.39 is 67.7 Å². The third-order valence-electron chi connectivity index (χ3n) is 9.44. The number of halogens is 1. The normalized spacial score (nSPS) is 17.7. The van der Waals surface area contributed by atoms with Gasteiger partial charge in [-0.2, -0.15) is 3.89 Å². The Morgan fingerprint density at radius 2 is 1.14 bits per heavy atom. The lowest BCUT2D eigenvalue weighted by Crippen LogP contribution is -2.52. The largest absolute Gasteiger partial charge is 0.480 e. The predicted octanol–water partition coefficient (Wildman–Crippen LogP) is 1.45. The molecule has 1 aromatic rings. The molecular formula is C37H59FN6O11S. The van der Waals surface area contributed by atoms with E-state index in [2.05, 4.69) is 10.6 Å². The van der Waals surface area contributed by atoms with Gasteiger partial charge in [0, 0.05) is 85.3 Å². The minimum atomic E-state index is -2.82. The smallest absolute Gasteiger partial charge is 0.320 e. The molecule has 1 fully saturated rings. The van der Waals surface area contributed by atoms with Crippen molar-refractivity contribution in [1.29, 1.82) is 0 Å². The maximum atomic E-state index is 16.6. The summed E-state index contributed by atoms with van der Waals surface area (Å²) >= 11 is 0. The number of carbonyl (C=O) groups excluding carboxylic acids is 3. The van der Waals surface area contributed by atoms with Gasteiger partial charge in [0.15, 0.2) is 0 Å². The minimum absolute atomic E-state index is 0.0374. The second-order valence-corrected chi connectivity index (χ2v) is 19.7. The summed E-state index contributed by atoms with van der Waals surface area (Å²) in [5, 5.41) is 43.6. The van der Waals surface area contributed by atoms with Crippen LogP contribution in [-0.2, 0) is 28.8 Å². The van der Waals surface area contributed by atoms with Crippen molar-refractivity contribution in [2.75, 3.05) is 78.5 Å². The molecule has 0 saturated carbocycles. The summed E-state index contributed by atoms with van der Waals surface area (Å²) in [5.74, 6) is -5.84. The lowest BCUT2D eigenvalue weighted by atomic mass is 10.1. The zero-order valence-electron chi connectivity index (χ0n) is 33.2. The number of aliphatic carboxylic acids is 4. The summed E-state index contributed by atoms with van der Waals surface area (Å²) in [4.78, 5) is 91.7.